The molecule has 1 aromatic heterocycles. The zero-order valence-corrected chi connectivity index (χ0v) is 16.8. The van der Waals surface area contributed by atoms with Crippen LogP contribution in [0.15, 0.2) is 51.7 Å². The van der Waals surface area contributed by atoms with Crippen molar-refractivity contribution in [1.29, 1.82) is 0 Å². The number of rotatable bonds is 5. The van der Waals surface area contributed by atoms with Gasteiger partial charge in [0.25, 0.3) is 5.91 Å². The van der Waals surface area contributed by atoms with Gasteiger partial charge >= 0.3 is 5.63 Å². The van der Waals surface area contributed by atoms with Gasteiger partial charge in [-0.15, -0.1) is 0 Å². The van der Waals surface area contributed by atoms with E-state index in [0.717, 1.165) is 34.9 Å². The molecule has 3 N–H and O–H groups in total. The van der Waals surface area contributed by atoms with Crippen molar-refractivity contribution in [2.45, 2.75) is 46.1 Å². The lowest BCUT2D eigenvalue weighted by molar-refractivity contribution is 0.102. The Balaban J connectivity index is 1.93. The smallest absolute Gasteiger partial charge is 0.349 e. The minimum absolute atomic E-state index is 0.0120. The summed E-state index contributed by atoms with van der Waals surface area (Å²) >= 11 is 0. The molecule has 146 valence electrons. The van der Waals surface area contributed by atoms with E-state index in [4.69, 9.17) is 10.2 Å². The van der Waals surface area contributed by atoms with Crippen LogP contribution in [0.2, 0.25) is 0 Å². The predicted molar refractivity (Wildman–Crippen MR) is 113 cm³/mol. The maximum atomic E-state index is 12.6. The largest absolute Gasteiger partial charge is 0.422 e. The van der Waals surface area contributed by atoms with Crippen LogP contribution >= 0.6 is 0 Å². The highest BCUT2D eigenvalue weighted by atomic mass is 16.4. The molecule has 0 aliphatic heterocycles. The Bertz CT molecular complexity index is 1070. The van der Waals surface area contributed by atoms with Crippen LogP contribution in [0.5, 0.6) is 0 Å². The Morgan fingerprint density at radius 2 is 1.82 bits per heavy atom. The number of nitrogens with two attached hydrogens (primary N) is 1. The quantitative estimate of drug-likeness (QED) is 0.640. The molecule has 2 aromatic carbocycles. The number of hydrogen-bond acceptors (Lipinski definition) is 4. The topological polar surface area (TPSA) is 85.3 Å². The monoisotopic (exact) mass is 378 g/mol. The SMILES string of the molecule is CCCc1c(C)ccc2cc(C(=O)Nc3ccc(C(C)(C)N)cc3)c(=O)oc12. The van der Waals surface area contributed by atoms with Crippen molar-refractivity contribution in [2.24, 2.45) is 5.73 Å². The number of fused-ring (bicyclic) bond motifs is 1. The summed E-state index contributed by atoms with van der Waals surface area (Å²) in [6, 6.07) is 12.7. The van der Waals surface area contributed by atoms with E-state index in [2.05, 4.69) is 12.2 Å². The van der Waals surface area contributed by atoms with Gasteiger partial charge < -0.3 is 15.5 Å². The third-order valence-corrected chi connectivity index (χ3v) is 4.87. The van der Waals surface area contributed by atoms with Crippen molar-refractivity contribution in [1.82, 2.24) is 0 Å². The van der Waals surface area contributed by atoms with Gasteiger partial charge in [0.1, 0.15) is 11.1 Å². The lowest BCUT2D eigenvalue weighted by Crippen LogP contribution is -2.28. The fourth-order valence-electron chi connectivity index (χ4n) is 3.24. The van der Waals surface area contributed by atoms with Crippen molar-refractivity contribution in [3.63, 3.8) is 0 Å². The first-order valence-electron chi connectivity index (χ1n) is 9.48. The van der Waals surface area contributed by atoms with Crippen molar-refractivity contribution in [3.8, 4) is 0 Å². The van der Waals surface area contributed by atoms with Gasteiger partial charge in [0.15, 0.2) is 0 Å². The molecule has 0 saturated carbocycles. The first kappa shape index (κ1) is 19.8. The summed E-state index contributed by atoms with van der Waals surface area (Å²) in [6.45, 7) is 7.90. The van der Waals surface area contributed by atoms with Crippen molar-refractivity contribution < 1.29 is 9.21 Å². The number of benzene rings is 2. The minimum Gasteiger partial charge on any atom is -0.422 e. The van der Waals surface area contributed by atoms with Crippen molar-refractivity contribution >= 4 is 22.6 Å². The summed E-state index contributed by atoms with van der Waals surface area (Å²) < 4.78 is 5.55. The number of nitrogens with one attached hydrogen (secondary N) is 1. The number of aryl methyl sites for hydroxylation is 2. The van der Waals surface area contributed by atoms with E-state index in [1.165, 1.54) is 0 Å². The first-order valence-corrected chi connectivity index (χ1v) is 9.48. The average Bonchev–Trinajstić information content (AvgIpc) is 2.63. The molecular formula is C23H26N2O3. The predicted octanol–water partition coefficient (Wildman–Crippen LogP) is 4.50. The van der Waals surface area contributed by atoms with E-state index < -0.39 is 17.1 Å². The molecular weight excluding hydrogens is 352 g/mol. The maximum absolute atomic E-state index is 12.6. The van der Waals surface area contributed by atoms with Crippen LogP contribution in [0.4, 0.5) is 5.69 Å². The molecule has 0 radical (unpaired) electrons. The van der Waals surface area contributed by atoms with Gasteiger partial charge in [-0.25, -0.2) is 4.79 Å². The van der Waals surface area contributed by atoms with E-state index in [0.29, 0.717) is 11.3 Å². The molecule has 3 rings (SSSR count). The summed E-state index contributed by atoms with van der Waals surface area (Å²) in [5.41, 5.74) is 9.18. The molecule has 0 unspecified atom stereocenters. The Morgan fingerprint density at radius 3 is 2.43 bits per heavy atom. The Labute approximate surface area is 164 Å². The zero-order valence-electron chi connectivity index (χ0n) is 16.8. The fourth-order valence-corrected chi connectivity index (χ4v) is 3.24. The van der Waals surface area contributed by atoms with E-state index in [1.807, 2.05) is 45.0 Å². The zero-order chi connectivity index (χ0) is 20.5. The van der Waals surface area contributed by atoms with Gasteiger partial charge in [-0.05, 0) is 62.1 Å². The molecule has 0 bridgehead atoms. The maximum Gasteiger partial charge on any atom is 0.349 e. The number of amides is 1. The fraction of sp³-hybridized carbons (Fsp3) is 0.304. The number of carbonyl (C=O) groups excluding carboxylic acids is 1. The van der Waals surface area contributed by atoms with Crippen molar-refractivity contribution in [3.05, 3.63) is 75.1 Å². The minimum atomic E-state index is -0.632. The van der Waals surface area contributed by atoms with E-state index >= 15 is 0 Å². The van der Waals surface area contributed by atoms with Crippen LogP contribution in [-0.4, -0.2) is 5.91 Å². The Hall–Kier alpha value is -2.92. The van der Waals surface area contributed by atoms with Crippen LogP contribution in [-0.2, 0) is 12.0 Å². The number of carbonyl (C=O) groups is 1. The van der Waals surface area contributed by atoms with E-state index in [1.54, 1.807) is 18.2 Å². The Morgan fingerprint density at radius 1 is 1.14 bits per heavy atom. The highest BCUT2D eigenvalue weighted by Crippen LogP contribution is 2.24. The molecule has 0 saturated heterocycles. The van der Waals surface area contributed by atoms with Crippen LogP contribution in [0.25, 0.3) is 11.0 Å². The van der Waals surface area contributed by atoms with Gasteiger partial charge in [-0.1, -0.05) is 37.6 Å². The number of hydrogen-bond donors (Lipinski definition) is 2. The lowest BCUT2D eigenvalue weighted by atomic mass is 9.95. The third kappa shape index (κ3) is 3.99. The molecule has 0 aliphatic rings. The summed E-state index contributed by atoms with van der Waals surface area (Å²) in [7, 11) is 0. The van der Waals surface area contributed by atoms with Crippen LogP contribution < -0.4 is 16.7 Å². The van der Waals surface area contributed by atoms with Crippen LogP contribution in [0, 0.1) is 6.92 Å². The average molecular weight is 378 g/mol. The van der Waals surface area contributed by atoms with Gasteiger partial charge in [0.2, 0.25) is 0 Å². The van der Waals surface area contributed by atoms with Gasteiger partial charge in [-0.3, -0.25) is 4.79 Å². The van der Waals surface area contributed by atoms with Crippen LogP contribution in [0.3, 0.4) is 0 Å². The molecule has 1 heterocycles. The summed E-state index contributed by atoms with van der Waals surface area (Å²) in [6.07, 6.45) is 1.77. The second-order valence-electron chi connectivity index (χ2n) is 7.73. The molecule has 0 spiro atoms. The highest BCUT2D eigenvalue weighted by molar-refractivity contribution is 6.05. The molecule has 5 nitrogen and oxygen atoms in total. The molecule has 3 aromatic rings. The van der Waals surface area contributed by atoms with Crippen LogP contribution in [0.1, 0.15) is 54.2 Å². The van der Waals surface area contributed by atoms with Gasteiger partial charge in [0, 0.05) is 16.6 Å². The second kappa shape index (κ2) is 7.60. The molecule has 0 fully saturated rings. The van der Waals surface area contributed by atoms with Crippen molar-refractivity contribution in [2.75, 3.05) is 5.32 Å². The van der Waals surface area contributed by atoms with Gasteiger partial charge in [-0.2, -0.15) is 0 Å². The van der Waals surface area contributed by atoms with E-state index in [9.17, 15) is 9.59 Å². The summed E-state index contributed by atoms with van der Waals surface area (Å²) in [4.78, 5) is 25.1. The third-order valence-electron chi connectivity index (χ3n) is 4.87. The van der Waals surface area contributed by atoms with Gasteiger partial charge in [0.05, 0.1) is 0 Å². The standard InChI is InChI=1S/C23H26N2O3/c1-5-6-18-14(2)7-8-15-13-19(22(27)28-20(15)18)21(26)25-17-11-9-16(10-12-17)23(3,4)24/h7-13H,5-6,24H2,1-4H3,(H,25,26). The highest BCUT2D eigenvalue weighted by Gasteiger charge is 2.17. The Kier molecular flexibility index (Phi) is 5.38. The molecule has 1 amide bonds. The summed E-state index contributed by atoms with van der Waals surface area (Å²) in [5, 5.41) is 3.50. The first-order chi connectivity index (χ1) is 13.2. The summed E-state index contributed by atoms with van der Waals surface area (Å²) in [5.74, 6) is -0.493. The lowest BCUT2D eigenvalue weighted by Gasteiger charge is -2.19. The molecule has 5 heteroatoms. The molecule has 28 heavy (non-hydrogen) atoms. The molecule has 0 aliphatic carbocycles. The van der Waals surface area contributed by atoms with E-state index in [-0.39, 0.29) is 5.56 Å². The second-order valence-corrected chi connectivity index (χ2v) is 7.73. The number of anilines is 1. The normalized spacial score (nSPS) is 11.6. The molecule has 0 atom stereocenters.